The Bertz CT molecular complexity index is 1120. The standard InChI is InChI=1S/C22H24O8S/c1-26-18-4-11(5-19(27-2)22(18)28-3)20-12-6-16-17(30-10-29-16)7-13(12)21(23)15-9-31(24,25)8-14(15)20/h4-7,14-15,20-21,23H,8-10H2,1-3H3/t14-,15-,20-,21+/m0/s1. The summed E-state index contributed by atoms with van der Waals surface area (Å²) in [5.41, 5.74) is 2.32. The van der Waals surface area contributed by atoms with Gasteiger partial charge >= 0.3 is 0 Å². The van der Waals surface area contributed by atoms with Gasteiger partial charge in [-0.2, -0.15) is 0 Å². The van der Waals surface area contributed by atoms with Gasteiger partial charge in [-0.3, -0.25) is 0 Å². The van der Waals surface area contributed by atoms with Gasteiger partial charge in [-0.05, 0) is 46.9 Å². The summed E-state index contributed by atoms with van der Waals surface area (Å²) in [5.74, 6) is 1.53. The lowest BCUT2D eigenvalue weighted by Gasteiger charge is -2.39. The Morgan fingerprint density at radius 2 is 1.45 bits per heavy atom. The fourth-order valence-electron chi connectivity index (χ4n) is 5.24. The summed E-state index contributed by atoms with van der Waals surface area (Å²) in [4.78, 5) is 0. The summed E-state index contributed by atoms with van der Waals surface area (Å²) >= 11 is 0. The topological polar surface area (TPSA) is 101 Å². The molecule has 0 amide bonds. The van der Waals surface area contributed by atoms with Crippen LogP contribution in [0.25, 0.3) is 0 Å². The van der Waals surface area contributed by atoms with E-state index in [9.17, 15) is 13.5 Å². The molecule has 4 atom stereocenters. The predicted molar refractivity (Wildman–Crippen MR) is 111 cm³/mol. The normalized spacial score (nSPS) is 27.4. The number of aliphatic hydroxyl groups is 1. The van der Waals surface area contributed by atoms with Crippen LogP contribution in [0.1, 0.15) is 28.7 Å². The molecule has 0 spiro atoms. The highest BCUT2D eigenvalue weighted by Crippen LogP contribution is 2.56. The Morgan fingerprint density at radius 1 is 0.871 bits per heavy atom. The van der Waals surface area contributed by atoms with Gasteiger partial charge in [-0.1, -0.05) is 0 Å². The maximum atomic E-state index is 12.6. The van der Waals surface area contributed by atoms with Crippen LogP contribution in [0, 0.1) is 11.8 Å². The first-order chi connectivity index (χ1) is 14.9. The number of methoxy groups -OCH3 is 3. The van der Waals surface area contributed by atoms with Crippen LogP contribution in [-0.4, -0.2) is 53.2 Å². The van der Waals surface area contributed by atoms with E-state index in [0.29, 0.717) is 34.3 Å². The summed E-state index contributed by atoms with van der Waals surface area (Å²) in [6.45, 7) is 0.115. The number of benzene rings is 2. The van der Waals surface area contributed by atoms with Gasteiger partial charge in [0.25, 0.3) is 0 Å². The minimum Gasteiger partial charge on any atom is -0.493 e. The van der Waals surface area contributed by atoms with E-state index in [1.54, 1.807) is 20.3 Å². The molecule has 3 aliphatic rings. The minimum atomic E-state index is -3.29. The van der Waals surface area contributed by atoms with E-state index in [1.165, 1.54) is 7.11 Å². The van der Waals surface area contributed by atoms with Gasteiger partial charge in [0.05, 0.1) is 38.9 Å². The van der Waals surface area contributed by atoms with E-state index in [2.05, 4.69) is 0 Å². The molecule has 0 aromatic heterocycles. The third-order valence-electron chi connectivity index (χ3n) is 6.55. The van der Waals surface area contributed by atoms with Crippen molar-refractivity contribution in [3.63, 3.8) is 0 Å². The van der Waals surface area contributed by atoms with E-state index < -0.39 is 21.9 Å². The van der Waals surface area contributed by atoms with Gasteiger partial charge in [-0.25, -0.2) is 8.42 Å². The molecule has 1 fully saturated rings. The van der Waals surface area contributed by atoms with Gasteiger partial charge in [0.15, 0.2) is 32.8 Å². The fraction of sp³-hybridized carbons (Fsp3) is 0.455. The average molecular weight is 448 g/mol. The molecule has 2 aromatic rings. The number of rotatable bonds is 4. The molecular formula is C22H24O8S. The molecule has 0 unspecified atom stereocenters. The lowest BCUT2D eigenvalue weighted by molar-refractivity contribution is 0.0774. The van der Waals surface area contributed by atoms with Crippen LogP contribution in [0.3, 0.4) is 0 Å². The molecule has 1 saturated heterocycles. The van der Waals surface area contributed by atoms with Crippen molar-refractivity contribution in [3.8, 4) is 28.7 Å². The van der Waals surface area contributed by atoms with E-state index in [0.717, 1.165) is 11.1 Å². The summed E-state index contributed by atoms with van der Waals surface area (Å²) in [5, 5.41) is 11.1. The Labute approximate surface area is 180 Å². The molecule has 1 aliphatic carbocycles. The van der Waals surface area contributed by atoms with Gasteiger partial charge in [0, 0.05) is 11.8 Å². The van der Waals surface area contributed by atoms with Crippen molar-refractivity contribution in [2.75, 3.05) is 39.6 Å². The van der Waals surface area contributed by atoms with Crippen LogP contribution in [0.2, 0.25) is 0 Å². The molecule has 9 heteroatoms. The monoisotopic (exact) mass is 448 g/mol. The van der Waals surface area contributed by atoms with Crippen molar-refractivity contribution >= 4 is 9.84 Å². The van der Waals surface area contributed by atoms with Crippen molar-refractivity contribution in [1.82, 2.24) is 0 Å². The highest BCUT2D eigenvalue weighted by Gasteiger charge is 2.51. The first-order valence-electron chi connectivity index (χ1n) is 9.98. The number of aliphatic hydroxyl groups excluding tert-OH is 1. The first-order valence-corrected chi connectivity index (χ1v) is 11.8. The predicted octanol–water partition coefficient (Wildman–Crippen LogP) is 2.28. The van der Waals surface area contributed by atoms with Crippen LogP contribution in [0.15, 0.2) is 24.3 Å². The van der Waals surface area contributed by atoms with Gasteiger partial charge < -0.3 is 28.8 Å². The van der Waals surface area contributed by atoms with Crippen molar-refractivity contribution < 1.29 is 37.2 Å². The van der Waals surface area contributed by atoms with Crippen molar-refractivity contribution in [2.45, 2.75) is 12.0 Å². The van der Waals surface area contributed by atoms with E-state index >= 15 is 0 Å². The SMILES string of the molecule is COc1cc([C@H]2c3cc4c(cc3[C@@H](O)[C@H]3CS(=O)(=O)C[C@H]23)OCO4)cc(OC)c1OC. The second-order valence-electron chi connectivity index (χ2n) is 8.12. The van der Waals surface area contributed by atoms with E-state index in [4.69, 9.17) is 23.7 Å². The smallest absolute Gasteiger partial charge is 0.231 e. The summed E-state index contributed by atoms with van der Waals surface area (Å²) in [7, 11) is 1.33. The Morgan fingerprint density at radius 3 is 2.03 bits per heavy atom. The first kappa shape index (κ1) is 20.3. The molecule has 0 saturated carbocycles. The van der Waals surface area contributed by atoms with Crippen LogP contribution >= 0.6 is 0 Å². The van der Waals surface area contributed by atoms with E-state index in [1.807, 2.05) is 18.2 Å². The van der Waals surface area contributed by atoms with Gasteiger partial charge in [-0.15, -0.1) is 0 Å². The zero-order valence-corrected chi connectivity index (χ0v) is 18.3. The quantitative estimate of drug-likeness (QED) is 0.761. The molecule has 2 heterocycles. The third kappa shape index (κ3) is 3.10. The molecule has 2 aliphatic heterocycles. The molecule has 31 heavy (non-hydrogen) atoms. The van der Waals surface area contributed by atoms with Crippen LogP contribution in [0.5, 0.6) is 28.7 Å². The Kier molecular flexibility index (Phi) is 4.71. The number of hydrogen-bond acceptors (Lipinski definition) is 8. The summed E-state index contributed by atoms with van der Waals surface area (Å²) in [6.07, 6.45) is -0.898. The minimum absolute atomic E-state index is 0.00390. The zero-order valence-electron chi connectivity index (χ0n) is 17.5. The third-order valence-corrected chi connectivity index (χ3v) is 8.34. The molecule has 5 rings (SSSR count). The number of fused-ring (bicyclic) bond motifs is 3. The molecule has 8 nitrogen and oxygen atoms in total. The van der Waals surface area contributed by atoms with Crippen molar-refractivity contribution in [2.24, 2.45) is 11.8 Å². The average Bonchev–Trinajstić information content (AvgIpc) is 3.34. The van der Waals surface area contributed by atoms with Crippen LogP contribution < -0.4 is 23.7 Å². The second kappa shape index (κ2) is 7.20. The van der Waals surface area contributed by atoms with Gasteiger partial charge in [0.1, 0.15) is 0 Å². The van der Waals surface area contributed by atoms with Crippen molar-refractivity contribution in [3.05, 3.63) is 41.0 Å². The molecule has 166 valence electrons. The highest BCUT2D eigenvalue weighted by atomic mass is 32.2. The van der Waals surface area contributed by atoms with Crippen LogP contribution in [0.4, 0.5) is 0 Å². The van der Waals surface area contributed by atoms with Gasteiger partial charge in [0.2, 0.25) is 12.5 Å². The zero-order chi connectivity index (χ0) is 21.9. The lowest BCUT2D eigenvalue weighted by atomic mass is 9.66. The number of hydrogen-bond donors (Lipinski definition) is 1. The fourth-order valence-corrected chi connectivity index (χ4v) is 7.42. The van der Waals surface area contributed by atoms with Crippen molar-refractivity contribution in [1.29, 1.82) is 0 Å². The summed E-state index contributed by atoms with van der Waals surface area (Å²) < 4.78 is 52.8. The number of sulfone groups is 1. The maximum Gasteiger partial charge on any atom is 0.231 e. The number of ether oxygens (including phenoxy) is 5. The molecule has 0 radical (unpaired) electrons. The Hall–Kier alpha value is -2.65. The summed E-state index contributed by atoms with van der Waals surface area (Å²) in [6, 6.07) is 7.32. The van der Waals surface area contributed by atoms with E-state index in [-0.39, 0.29) is 30.1 Å². The highest BCUT2D eigenvalue weighted by molar-refractivity contribution is 7.91. The Balaban J connectivity index is 1.74. The molecule has 0 bridgehead atoms. The maximum absolute atomic E-state index is 12.6. The largest absolute Gasteiger partial charge is 0.493 e. The molecule has 1 N–H and O–H groups in total. The second-order valence-corrected chi connectivity index (χ2v) is 10.3. The molecule has 2 aromatic carbocycles. The lowest BCUT2D eigenvalue weighted by Crippen LogP contribution is -2.33. The molecular weight excluding hydrogens is 424 g/mol. The van der Waals surface area contributed by atoms with Crippen LogP contribution in [-0.2, 0) is 9.84 Å².